The summed E-state index contributed by atoms with van der Waals surface area (Å²) < 4.78 is 28.9. The molecule has 2 saturated heterocycles. The minimum absolute atomic E-state index is 0.0560. The summed E-state index contributed by atoms with van der Waals surface area (Å²) in [5.74, 6) is 0.671. The Morgan fingerprint density at radius 1 is 1.18 bits per heavy atom. The molecule has 1 aromatic rings. The van der Waals surface area contributed by atoms with Crippen molar-refractivity contribution in [3.63, 3.8) is 0 Å². The van der Waals surface area contributed by atoms with Crippen molar-refractivity contribution in [2.45, 2.75) is 50.9 Å². The Bertz CT molecular complexity index is 695. The number of alkyl halides is 2. The number of carbonyl (C=O) groups excluding carboxylic acids is 1. The van der Waals surface area contributed by atoms with Gasteiger partial charge in [-0.15, -0.1) is 0 Å². The van der Waals surface area contributed by atoms with Crippen molar-refractivity contribution in [1.82, 2.24) is 9.80 Å². The second-order valence-corrected chi connectivity index (χ2v) is 8.47. The van der Waals surface area contributed by atoms with Gasteiger partial charge in [0.05, 0.1) is 5.60 Å². The Labute approximate surface area is 164 Å². The standard InChI is InChI=1S/C21H28F2N2O3/c22-20(23)28-18-6-4-15(5-7-18)12-24-10-8-21(27)9-11-25(14-17(21)13-24)19(26)16-2-1-3-16/h4-7,16-17,20,27H,1-3,8-14H2/t17-,21-/m1/s1. The number of rotatable bonds is 5. The van der Waals surface area contributed by atoms with Crippen LogP contribution in [-0.2, 0) is 11.3 Å². The molecule has 3 aliphatic rings. The van der Waals surface area contributed by atoms with E-state index in [2.05, 4.69) is 9.64 Å². The molecule has 0 radical (unpaired) electrons. The van der Waals surface area contributed by atoms with Crippen LogP contribution in [0.5, 0.6) is 5.75 Å². The summed E-state index contributed by atoms with van der Waals surface area (Å²) in [5, 5.41) is 11.1. The molecule has 154 valence electrons. The van der Waals surface area contributed by atoms with Crippen molar-refractivity contribution in [1.29, 1.82) is 0 Å². The minimum atomic E-state index is -2.82. The molecule has 1 N–H and O–H groups in total. The predicted octanol–water partition coefficient (Wildman–Crippen LogP) is 2.87. The molecule has 1 saturated carbocycles. The largest absolute Gasteiger partial charge is 0.435 e. The third-order valence-electron chi connectivity index (χ3n) is 6.68. The maximum atomic E-state index is 12.6. The molecule has 3 fully saturated rings. The first-order chi connectivity index (χ1) is 13.4. The van der Waals surface area contributed by atoms with Gasteiger partial charge >= 0.3 is 6.61 Å². The number of amides is 1. The number of carbonyl (C=O) groups is 1. The summed E-state index contributed by atoms with van der Waals surface area (Å²) in [6, 6.07) is 6.71. The first kappa shape index (κ1) is 19.6. The zero-order valence-corrected chi connectivity index (χ0v) is 16.0. The molecule has 28 heavy (non-hydrogen) atoms. The molecule has 5 nitrogen and oxygen atoms in total. The molecule has 7 heteroatoms. The van der Waals surface area contributed by atoms with Crippen LogP contribution in [0.2, 0.25) is 0 Å². The van der Waals surface area contributed by atoms with Crippen LogP contribution in [0.25, 0.3) is 0 Å². The third-order valence-corrected chi connectivity index (χ3v) is 6.68. The van der Waals surface area contributed by atoms with Gasteiger partial charge in [-0.1, -0.05) is 18.6 Å². The Kier molecular flexibility index (Phi) is 5.56. The lowest BCUT2D eigenvalue weighted by Gasteiger charge is -2.51. The number of fused-ring (bicyclic) bond motifs is 1. The molecule has 2 atom stereocenters. The number of hydrogen-bond acceptors (Lipinski definition) is 4. The average molecular weight is 394 g/mol. The molecule has 0 unspecified atom stereocenters. The van der Waals surface area contributed by atoms with Crippen LogP contribution in [0.3, 0.4) is 0 Å². The van der Waals surface area contributed by atoms with Crippen molar-refractivity contribution < 1.29 is 23.4 Å². The number of nitrogens with zero attached hydrogens (tertiary/aromatic N) is 2. The SMILES string of the molecule is O=C(C1CCC1)N1CC[C@]2(O)CCN(Cc3ccc(OC(F)F)cc3)C[C@@H]2C1. The molecule has 2 aliphatic heterocycles. The normalized spacial score (nSPS) is 28.7. The van der Waals surface area contributed by atoms with Crippen LogP contribution < -0.4 is 4.74 Å². The lowest BCUT2D eigenvalue weighted by atomic mass is 9.74. The van der Waals surface area contributed by atoms with Gasteiger partial charge in [0.2, 0.25) is 5.91 Å². The van der Waals surface area contributed by atoms with Crippen molar-refractivity contribution in [2.75, 3.05) is 26.2 Å². The van der Waals surface area contributed by atoms with Crippen molar-refractivity contribution in [2.24, 2.45) is 11.8 Å². The van der Waals surface area contributed by atoms with Gasteiger partial charge in [0, 0.05) is 44.6 Å². The van der Waals surface area contributed by atoms with Crippen LogP contribution in [0.15, 0.2) is 24.3 Å². The molecular weight excluding hydrogens is 366 g/mol. The second kappa shape index (κ2) is 7.95. The van der Waals surface area contributed by atoms with E-state index in [4.69, 9.17) is 0 Å². The Hall–Kier alpha value is -1.73. The summed E-state index contributed by atoms with van der Waals surface area (Å²) in [6.07, 6.45) is 4.51. The number of benzene rings is 1. The Balaban J connectivity index is 1.35. The minimum Gasteiger partial charge on any atom is -0.435 e. The van der Waals surface area contributed by atoms with E-state index >= 15 is 0 Å². The molecule has 0 bridgehead atoms. The molecule has 4 rings (SSSR count). The number of aliphatic hydroxyl groups is 1. The lowest BCUT2D eigenvalue weighted by Crippen LogP contribution is -2.61. The number of hydrogen-bond donors (Lipinski definition) is 1. The highest BCUT2D eigenvalue weighted by Gasteiger charge is 2.46. The summed E-state index contributed by atoms with van der Waals surface area (Å²) in [4.78, 5) is 16.8. The molecule has 0 spiro atoms. The van der Waals surface area contributed by atoms with E-state index in [0.717, 1.165) is 37.9 Å². The first-order valence-corrected chi connectivity index (χ1v) is 10.2. The monoisotopic (exact) mass is 394 g/mol. The number of likely N-dealkylation sites (tertiary alicyclic amines) is 2. The van der Waals surface area contributed by atoms with Crippen LogP contribution in [0.4, 0.5) is 8.78 Å². The van der Waals surface area contributed by atoms with E-state index < -0.39 is 12.2 Å². The maximum absolute atomic E-state index is 12.6. The average Bonchev–Trinajstić information content (AvgIpc) is 2.61. The molecule has 1 aromatic carbocycles. The van der Waals surface area contributed by atoms with E-state index in [9.17, 15) is 18.7 Å². The predicted molar refractivity (Wildman–Crippen MR) is 99.9 cm³/mol. The van der Waals surface area contributed by atoms with E-state index in [-0.39, 0.29) is 23.5 Å². The highest BCUT2D eigenvalue weighted by Crippen LogP contribution is 2.38. The van der Waals surface area contributed by atoms with Gasteiger partial charge in [-0.2, -0.15) is 8.78 Å². The smallest absolute Gasteiger partial charge is 0.387 e. The van der Waals surface area contributed by atoms with Gasteiger partial charge in [0.15, 0.2) is 0 Å². The van der Waals surface area contributed by atoms with Gasteiger partial charge in [0.25, 0.3) is 0 Å². The van der Waals surface area contributed by atoms with Gasteiger partial charge in [-0.05, 0) is 43.4 Å². The third kappa shape index (κ3) is 4.15. The highest BCUT2D eigenvalue weighted by molar-refractivity contribution is 5.79. The quantitative estimate of drug-likeness (QED) is 0.835. The van der Waals surface area contributed by atoms with Crippen LogP contribution in [0, 0.1) is 11.8 Å². The van der Waals surface area contributed by atoms with Crippen LogP contribution in [-0.4, -0.2) is 59.2 Å². The zero-order valence-electron chi connectivity index (χ0n) is 16.0. The van der Waals surface area contributed by atoms with Crippen molar-refractivity contribution >= 4 is 5.91 Å². The first-order valence-electron chi connectivity index (χ1n) is 10.2. The topological polar surface area (TPSA) is 53.0 Å². The van der Waals surface area contributed by atoms with E-state index in [1.54, 1.807) is 24.3 Å². The fourth-order valence-corrected chi connectivity index (χ4v) is 4.66. The lowest BCUT2D eigenvalue weighted by molar-refractivity contribution is -0.153. The second-order valence-electron chi connectivity index (χ2n) is 8.47. The van der Waals surface area contributed by atoms with Crippen LogP contribution >= 0.6 is 0 Å². The van der Waals surface area contributed by atoms with Crippen molar-refractivity contribution in [3.8, 4) is 5.75 Å². The number of halogens is 2. The molecule has 2 heterocycles. The summed E-state index contributed by atoms with van der Waals surface area (Å²) >= 11 is 0. The maximum Gasteiger partial charge on any atom is 0.387 e. The highest BCUT2D eigenvalue weighted by atomic mass is 19.3. The van der Waals surface area contributed by atoms with E-state index in [1.165, 1.54) is 0 Å². The Morgan fingerprint density at radius 3 is 2.54 bits per heavy atom. The fourth-order valence-electron chi connectivity index (χ4n) is 4.66. The van der Waals surface area contributed by atoms with Crippen molar-refractivity contribution in [3.05, 3.63) is 29.8 Å². The van der Waals surface area contributed by atoms with Gasteiger partial charge in [0.1, 0.15) is 5.75 Å². The summed E-state index contributed by atoms with van der Waals surface area (Å²) in [7, 11) is 0. The zero-order chi connectivity index (χ0) is 19.7. The Morgan fingerprint density at radius 2 is 1.89 bits per heavy atom. The molecule has 1 aliphatic carbocycles. The molecular formula is C21H28F2N2O3. The van der Waals surface area contributed by atoms with Gasteiger partial charge in [-0.25, -0.2) is 0 Å². The summed E-state index contributed by atoms with van der Waals surface area (Å²) in [5.41, 5.74) is 0.340. The summed E-state index contributed by atoms with van der Waals surface area (Å²) in [6.45, 7) is 0.691. The van der Waals surface area contributed by atoms with E-state index in [0.29, 0.717) is 32.5 Å². The molecule has 1 amide bonds. The fraction of sp³-hybridized carbons (Fsp3) is 0.667. The van der Waals surface area contributed by atoms with Crippen LogP contribution in [0.1, 0.15) is 37.7 Å². The van der Waals surface area contributed by atoms with E-state index in [1.807, 2.05) is 4.90 Å². The molecule has 0 aromatic heterocycles. The van der Waals surface area contributed by atoms with Gasteiger partial charge < -0.3 is 14.7 Å². The number of ether oxygens (including phenoxy) is 1. The number of piperidine rings is 2. The van der Waals surface area contributed by atoms with Gasteiger partial charge in [-0.3, -0.25) is 9.69 Å².